The molecule has 2 N–H and O–H groups in total. The fourth-order valence-corrected chi connectivity index (χ4v) is 7.78. The molecule has 3 amide bonds. The second-order valence-electron chi connectivity index (χ2n) is 11.6. The van der Waals surface area contributed by atoms with Crippen molar-refractivity contribution in [1.29, 1.82) is 0 Å². The Labute approximate surface area is 254 Å². The highest BCUT2D eigenvalue weighted by atomic mass is 32.1. The number of fused-ring (bicyclic) bond motifs is 1. The van der Waals surface area contributed by atoms with Gasteiger partial charge in [-0.1, -0.05) is 0 Å². The summed E-state index contributed by atoms with van der Waals surface area (Å²) >= 11 is 1.47. The van der Waals surface area contributed by atoms with Crippen LogP contribution in [0.2, 0.25) is 0 Å². The van der Waals surface area contributed by atoms with Gasteiger partial charge in [0.25, 0.3) is 23.4 Å². The van der Waals surface area contributed by atoms with Crippen molar-refractivity contribution < 1.29 is 24.1 Å². The first-order valence-corrected chi connectivity index (χ1v) is 14.7. The van der Waals surface area contributed by atoms with Crippen molar-refractivity contribution in [3.8, 4) is 0 Å². The van der Waals surface area contributed by atoms with Crippen molar-refractivity contribution >= 4 is 51.9 Å². The molecule has 1 saturated heterocycles. The summed E-state index contributed by atoms with van der Waals surface area (Å²) in [6.45, 7) is 2.56. The number of nitro groups is 1. The van der Waals surface area contributed by atoms with Gasteiger partial charge in [-0.2, -0.15) is 0 Å². The molecule has 2 fully saturated rings. The maximum absolute atomic E-state index is 13.8. The molecule has 5 heterocycles. The summed E-state index contributed by atoms with van der Waals surface area (Å²) in [4.78, 5) is 65.6. The summed E-state index contributed by atoms with van der Waals surface area (Å²) in [6, 6.07) is 4.27. The van der Waals surface area contributed by atoms with E-state index in [9.17, 15) is 29.3 Å². The lowest BCUT2D eigenvalue weighted by Gasteiger charge is -2.28. The number of piperidine rings is 1. The Bertz CT molecular complexity index is 2010. The van der Waals surface area contributed by atoms with Gasteiger partial charge in [0.05, 0.1) is 27.4 Å². The third-order valence-corrected chi connectivity index (χ3v) is 9.94. The minimum absolute atomic E-state index is 0.0630. The van der Waals surface area contributed by atoms with Crippen molar-refractivity contribution in [2.45, 2.75) is 18.8 Å². The lowest BCUT2D eigenvalue weighted by molar-refractivity contribution is -0.384. The lowest BCUT2D eigenvalue weighted by Crippen LogP contribution is -2.34. The van der Waals surface area contributed by atoms with Crippen LogP contribution >= 0.6 is 11.3 Å². The second kappa shape index (κ2) is 9.38. The molecule has 0 aromatic carbocycles. The summed E-state index contributed by atoms with van der Waals surface area (Å²) in [7, 11) is 4.90. The zero-order chi connectivity index (χ0) is 31.2. The number of aromatic nitrogens is 3. The van der Waals surface area contributed by atoms with Crippen LogP contribution in [0.1, 0.15) is 58.7 Å². The van der Waals surface area contributed by atoms with Gasteiger partial charge in [-0.3, -0.25) is 29.3 Å². The first kappa shape index (κ1) is 27.6. The summed E-state index contributed by atoms with van der Waals surface area (Å²) in [5.74, 6) is -1.05. The molecule has 14 heteroatoms. The monoisotopic (exact) mass is 613 g/mol. The number of nitrogens with one attached hydrogen (secondary N) is 2. The van der Waals surface area contributed by atoms with Crippen LogP contribution in [0.3, 0.4) is 0 Å². The highest BCUT2D eigenvalue weighted by molar-refractivity contribution is 7.12. The SMILES string of the molecule is Cc1csc2c1C13CC1CN(C(=O)c1cc(NC(=O)c4cc(NC(=O)c5cc([N+](=O)[O-])cn5C)cn4C)cn1C)C3=CC2=O. The van der Waals surface area contributed by atoms with Gasteiger partial charge in [0.15, 0.2) is 5.78 Å². The van der Waals surface area contributed by atoms with Crippen molar-refractivity contribution in [3.63, 3.8) is 0 Å². The van der Waals surface area contributed by atoms with Gasteiger partial charge >= 0.3 is 0 Å². The van der Waals surface area contributed by atoms with Gasteiger partial charge in [-0.15, -0.1) is 11.3 Å². The smallest absolute Gasteiger partial charge is 0.287 e. The number of carbonyl (C=O) groups excluding carboxylic acids is 4. The number of rotatable bonds is 6. The van der Waals surface area contributed by atoms with Crippen molar-refractivity contribution in [2.24, 2.45) is 27.1 Å². The molecule has 2 atom stereocenters. The van der Waals surface area contributed by atoms with E-state index in [0.29, 0.717) is 23.6 Å². The van der Waals surface area contributed by atoms with E-state index >= 15 is 0 Å². The standard InChI is InChI=1S/C30H27N7O6S/c1-15-14-44-26-23(38)8-24-30(25(15)26)9-16(30)10-36(24)29(41)22-6-18(12-34(22)3)32-27(39)20-5-17(11-33(20)2)31-28(40)21-7-19(37(42)43)13-35(21)4/h5-8,11-14,16H,9-10H2,1-4H3,(H,31,40)(H,32,39). The van der Waals surface area contributed by atoms with E-state index in [-0.39, 0.29) is 40.1 Å². The van der Waals surface area contributed by atoms with Crippen LogP contribution in [0.25, 0.3) is 0 Å². The van der Waals surface area contributed by atoms with Crippen LogP contribution in [-0.4, -0.2) is 53.6 Å². The predicted octanol–water partition coefficient (Wildman–Crippen LogP) is 3.98. The summed E-state index contributed by atoms with van der Waals surface area (Å²) in [5.41, 5.74) is 3.91. The molecule has 1 saturated carbocycles. The largest absolute Gasteiger partial charge is 0.344 e. The predicted molar refractivity (Wildman–Crippen MR) is 161 cm³/mol. The van der Waals surface area contributed by atoms with E-state index in [1.54, 1.807) is 48.1 Å². The number of likely N-dealkylation sites (tertiary alicyclic amines) is 1. The quantitative estimate of drug-likeness (QED) is 0.248. The first-order valence-electron chi connectivity index (χ1n) is 13.8. The molecule has 0 bridgehead atoms. The molecule has 4 aromatic heterocycles. The Morgan fingerprint density at radius 3 is 2.18 bits per heavy atom. The molecule has 13 nitrogen and oxygen atoms in total. The number of hydrogen-bond acceptors (Lipinski definition) is 7. The van der Waals surface area contributed by atoms with Gasteiger partial charge in [-0.05, 0) is 47.9 Å². The molecular weight excluding hydrogens is 586 g/mol. The zero-order valence-corrected chi connectivity index (χ0v) is 25.0. The number of allylic oxidation sites excluding steroid dienone is 2. The van der Waals surface area contributed by atoms with Gasteiger partial charge in [-0.25, -0.2) is 0 Å². The zero-order valence-electron chi connectivity index (χ0n) is 24.2. The normalized spacial score (nSPS) is 19.6. The second-order valence-corrected chi connectivity index (χ2v) is 12.5. The number of aryl methyl sites for hydroxylation is 4. The first-order chi connectivity index (χ1) is 20.9. The topological polar surface area (TPSA) is 154 Å². The fraction of sp³-hybridized carbons (Fsp3) is 0.267. The average Bonchev–Trinajstić information content (AvgIpc) is 3.49. The number of nitrogens with zero attached hydrogens (tertiary/aromatic N) is 5. The summed E-state index contributed by atoms with van der Waals surface area (Å²) in [6.07, 6.45) is 7.00. The van der Waals surface area contributed by atoms with Crippen LogP contribution in [0, 0.1) is 23.0 Å². The maximum Gasteiger partial charge on any atom is 0.287 e. The molecule has 4 aromatic rings. The average molecular weight is 614 g/mol. The molecule has 44 heavy (non-hydrogen) atoms. The van der Waals surface area contributed by atoms with Gasteiger partial charge in [0, 0.05) is 63.3 Å². The Kier molecular flexibility index (Phi) is 5.88. The lowest BCUT2D eigenvalue weighted by atomic mass is 9.84. The van der Waals surface area contributed by atoms with Crippen LogP contribution < -0.4 is 10.6 Å². The van der Waals surface area contributed by atoms with Crippen LogP contribution in [0.5, 0.6) is 0 Å². The number of amides is 3. The Morgan fingerprint density at radius 1 is 0.955 bits per heavy atom. The molecule has 1 aliphatic heterocycles. The van der Waals surface area contributed by atoms with Crippen LogP contribution in [0.4, 0.5) is 17.1 Å². The van der Waals surface area contributed by atoms with Crippen LogP contribution in [-0.2, 0) is 26.6 Å². The van der Waals surface area contributed by atoms with E-state index in [1.165, 1.54) is 45.8 Å². The maximum atomic E-state index is 13.8. The molecule has 1 spiro atoms. The molecular formula is C30H27N7O6S. The molecule has 3 aliphatic rings. The molecule has 0 radical (unpaired) electrons. The molecule has 7 rings (SSSR count). The van der Waals surface area contributed by atoms with Gasteiger partial charge in [0.2, 0.25) is 0 Å². The van der Waals surface area contributed by atoms with E-state index in [2.05, 4.69) is 10.6 Å². The minimum Gasteiger partial charge on any atom is -0.344 e. The van der Waals surface area contributed by atoms with Crippen molar-refractivity contribution in [1.82, 2.24) is 18.6 Å². The van der Waals surface area contributed by atoms with Gasteiger partial charge in [0.1, 0.15) is 17.1 Å². The Balaban J connectivity index is 1.07. The Morgan fingerprint density at radius 2 is 1.55 bits per heavy atom. The van der Waals surface area contributed by atoms with Crippen molar-refractivity contribution in [3.05, 3.63) is 97.1 Å². The number of anilines is 2. The van der Waals surface area contributed by atoms with Crippen LogP contribution in [0.15, 0.2) is 53.9 Å². The molecule has 224 valence electrons. The third kappa shape index (κ3) is 3.97. The molecule has 2 unspecified atom stereocenters. The number of ketones is 1. The summed E-state index contributed by atoms with van der Waals surface area (Å²) < 4.78 is 4.54. The van der Waals surface area contributed by atoms with Crippen molar-refractivity contribution in [2.75, 3.05) is 17.2 Å². The fourth-order valence-electron chi connectivity index (χ4n) is 6.73. The van der Waals surface area contributed by atoms with E-state index in [1.807, 2.05) is 12.3 Å². The number of thiophene rings is 1. The molecule has 2 aliphatic carbocycles. The van der Waals surface area contributed by atoms with E-state index in [4.69, 9.17) is 0 Å². The number of carbonyl (C=O) groups is 4. The van der Waals surface area contributed by atoms with Gasteiger partial charge < -0.3 is 29.2 Å². The highest BCUT2D eigenvalue weighted by Gasteiger charge is 2.68. The highest BCUT2D eigenvalue weighted by Crippen LogP contribution is 2.68. The third-order valence-electron chi connectivity index (χ3n) is 8.83. The van der Waals surface area contributed by atoms with E-state index < -0.39 is 16.7 Å². The van der Waals surface area contributed by atoms with E-state index in [0.717, 1.165) is 28.1 Å². The summed E-state index contributed by atoms with van der Waals surface area (Å²) in [5, 5.41) is 18.5. The number of hydrogen-bond donors (Lipinski definition) is 2. The minimum atomic E-state index is -0.580. The Hall–Kier alpha value is -5.24.